The highest BCUT2D eigenvalue weighted by molar-refractivity contribution is 7.08. The Morgan fingerprint density at radius 1 is 1.58 bits per heavy atom. The zero-order valence-corrected chi connectivity index (χ0v) is 7.93. The maximum atomic E-state index is 4.94. The Balaban J connectivity index is 2.17. The van der Waals surface area contributed by atoms with Gasteiger partial charge in [0, 0.05) is 5.41 Å². The predicted molar refractivity (Wildman–Crippen MR) is 51.4 cm³/mol. The Labute approximate surface area is 76.7 Å². The average Bonchev–Trinajstić information content (AvgIpc) is 2.66. The quantitative estimate of drug-likeness (QED) is 0.650. The van der Waals surface area contributed by atoms with Crippen LogP contribution in [-0.2, 0) is 10.2 Å². The highest BCUT2D eigenvalue weighted by atomic mass is 32.1. The van der Waals surface area contributed by atoms with Crippen LogP contribution in [0.25, 0.3) is 0 Å². The average molecular weight is 180 g/mol. The summed E-state index contributed by atoms with van der Waals surface area (Å²) < 4.78 is 4.94. The van der Waals surface area contributed by atoms with E-state index >= 15 is 0 Å². The number of thiophene rings is 1. The number of ether oxygens (including phenoxy) is 1. The van der Waals surface area contributed by atoms with E-state index in [0.29, 0.717) is 5.41 Å². The van der Waals surface area contributed by atoms with Crippen molar-refractivity contribution in [3.63, 3.8) is 0 Å². The Morgan fingerprint density at radius 3 is 2.92 bits per heavy atom. The van der Waals surface area contributed by atoms with E-state index in [1.54, 1.807) is 24.7 Å². The standard InChI is InChI=1S/C10H12OS/c1-11-6-5-10(3-4-10)9-2-7-12-8-9/h2,5-8H,3-4H2,1H3. The maximum Gasteiger partial charge on any atom is 0.0793 e. The molecule has 2 rings (SSSR count). The van der Waals surface area contributed by atoms with Crippen molar-refractivity contribution in [2.45, 2.75) is 18.3 Å². The fraction of sp³-hybridized carbons (Fsp3) is 0.400. The first-order valence-corrected chi connectivity index (χ1v) is 5.05. The summed E-state index contributed by atoms with van der Waals surface area (Å²) in [7, 11) is 1.69. The van der Waals surface area contributed by atoms with E-state index in [0.717, 1.165) is 0 Å². The van der Waals surface area contributed by atoms with Gasteiger partial charge in [-0.15, -0.1) is 0 Å². The summed E-state index contributed by atoms with van der Waals surface area (Å²) in [6.45, 7) is 0. The first-order chi connectivity index (χ1) is 5.87. The van der Waals surface area contributed by atoms with E-state index in [-0.39, 0.29) is 0 Å². The molecule has 1 aliphatic carbocycles. The second kappa shape index (κ2) is 2.94. The minimum atomic E-state index is 0.329. The molecule has 2 heteroatoms. The summed E-state index contributed by atoms with van der Waals surface area (Å²) >= 11 is 1.77. The van der Waals surface area contributed by atoms with Gasteiger partial charge in [-0.1, -0.05) is 0 Å². The fourth-order valence-corrected chi connectivity index (χ4v) is 2.20. The molecule has 0 atom stereocenters. The van der Waals surface area contributed by atoms with Crippen LogP contribution in [0.2, 0.25) is 0 Å². The third kappa shape index (κ3) is 1.27. The molecule has 0 N–H and O–H groups in total. The van der Waals surface area contributed by atoms with Crippen LogP contribution >= 0.6 is 11.3 Å². The van der Waals surface area contributed by atoms with E-state index in [2.05, 4.69) is 22.9 Å². The van der Waals surface area contributed by atoms with Gasteiger partial charge in [0.1, 0.15) is 0 Å². The molecule has 1 nitrogen and oxygen atoms in total. The van der Waals surface area contributed by atoms with Crippen LogP contribution in [0, 0.1) is 0 Å². The largest absolute Gasteiger partial charge is 0.505 e. The van der Waals surface area contributed by atoms with E-state index < -0.39 is 0 Å². The summed E-state index contributed by atoms with van der Waals surface area (Å²) in [5, 5.41) is 4.36. The predicted octanol–water partition coefficient (Wildman–Crippen LogP) is 2.94. The van der Waals surface area contributed by atoms with Crippen molar-refractivity contribution in [3.05, 3.63) is 34.7 Å². The van der Waals surface area contributed by atoms with Gasteiger partial charge in [0.2, 0.25) is 0 Å². The molecule has 0 unspecified atom stereocenters. The fourth-order valence-electron chi connectivity index (χ4n) is 1.43. The molecule has 1 fully saturated rings. The SMILES string of the molecule is COC=CC1(c2ccsc2)CC1. The molecule has 12 heavy (non-hydrogen) atoms. The summed E-state index contributed by atoms with van der Waals surface area (Å²) in [6.07, 6.45) is 6.51. The highest BCUT2D eigenvalue weighted by Crippen LogP contribution is 2.49. The van der Waals surface area contributed by atoms with Crippen molar-refractivity contribution in [2.24, 2.45) is 0 Å². The minimum absolute atomic E-state index is 0.329. The van der Waals surface area contributed by atoms with Gasteiger partial charge >= 0.3 is 0 Å². The molecule has 0 aromatic carbocycles. The number of rotatable bonds is 3. The number of hydrogen-bond donors (Lipinski definition) is 0. The zero-order valence-electron chi connectivity index (χ0n) is 7.12. The Bertz CT molecular complexity index is 270. The lowest BCUT2D eigenvalue weighted by molar-refractivity contribution is 0.335. The monoisotopic (exact) mass is 180 g/mol. The molecule has 0 amide bonds. The summed E-state index contributed by atoms with van der Waals surface area (Å²) in [5.74, 6) is 0. The lowest BCUT2D eigenvalue weighted by Gasteiger charge is -2.05. The van der Waals surface area contributed by atoms with Crippen LogP contribution in [0.4, 0.5) is 0 Å². The lowest BCUT2D eigenvalue weighted by Crippen LogP contribution is -1.99. The maximum absolute atomic E-state index is 4.94. The molecule has 0 saturated heterocycles. The first kappa shape index (κ1) is 7.87. The number of hydrogen-bond acceptors (Lipinski definition) is 2. The number of methoxy groups -OCH3 is 1. The van der Waals surface area contributed by atoms with Gasteiger partial charge in [0.05, 0.1) is 13.4 Å². The Kier molecular flexibility index (Phi) is 1.93. The van der Waals surface area contributed by atoms with E-state index in [9.17, 15) is 0 Å². The number of allylic oxidation sites excluding steroid dienone is 1. The molecular weight excluding hydrogens is 168 g/mol. The summed E-state index contributed by atoms with van der Waals surface area (Å²) in [4.78, 5) is 0. The molecule has 0 radical (unpaired) electrons. The van der Waals surface area contributed by atoms with Crippen molar-refractivity contribution in [1.82, 2.24) is 0 Å². The molecule has 0 spiro atoms. The molecule has 0 bridgehead atoms. The van der Waals surface area contributed by atoms with Crippen LogP contribution in [0.5, 0.6) is 0 Å². The van der Waals surface area contributed by atoms with Gasteiger partial charge in [-0.2, -0.15) is 11.3 Å². The molecule has 64 valence electrons. The van der Waals surface area contributed by atoms with Crippen LogP contribution in [-0.4, -0.2) is 7.11 Å². The lowest BCUT2D eigenvalue weighted by atomic mass is 10.00. The third-order valence-corrected chi connectivity index (χ3v) is 3.09. The molecule has 1 saturated carbocycles. The molecular formula is C10H12OS. The van der Waals surface area contributed by atoms with Crippen LogP contribution < -0.4 is 0 Å². The van der Waals surface area contributed by atoms with Gasteiger partial charge in [0.25, 0.3) is 0 Å². The molecule has 1 aromatic rings. The molecule has 1 aromatic heterocycles. The first-order valence-electron chi connectivity index (χ1n) is 4.11. The normalized spacial score (nSPS) is 19.8. The van der Waals surface area contributed by atoms with Crippen LogP contribution in [0.15, 0.2) is 29.2 Å². The Hall–Kier alpha value is -0.760. The zero-order chi connectivity index (χ0) is 8.44. The summed E-state index contributed by atoms with van der Waals surface area (Å²) in [5.41, 5.74) is 1.77. The van der Waals surface area contributed by atoms with Gasteiger partial charge in [-0.25, -0.2) is 0 Å². The molecule has 0 aliphatic heterocycles. The van der Waals surface area contributed by atoms with Crippen molar-refractivity contribution in [1.29, 1.82) is 0 Å². The smallest absolute Gasteiger partial charge is 0.0793 e. The third-order valence-electron chi connectivity index (χ3n) is 2.41. The van der Waals surface area contributed by atoms with Crippen LogP contribution in [0.3, 0.4) is 0 Å². The second-order valence-electron chi connectivity index (χ2n) is 3.21. The van der Waals surface area contributed by atoms with Gasteiger partial charge < -0.3 is 4.74 Å². The Morgan fingerprint density at radius 2 is 2.42 bits per heavy atom. The van der Waals surface area contributed by atoms with E-state index in [4.69, 9.17) is 4.74 Å². The van der Waals surface area contributed by atoms with Gasteiger partial charge in [0.15, 0.2) is 0 Å². The van der Waals surface area contributed by atoms with Crippen molar-refractivity contribution in [3.8, 4) is 0 Å². The van der Waals surface area contributed by atoms with E-state index in [1.165, 1.54) is 18.4 Å². The van der Waals surface area contributed by atoms with Crippen molar-refractivity contribution < 1.29 is 4.74 Å². The molecule has 1 aliphatic rings. The molecule has 1 heterocycles. The second-order valence-corrected chi connectivity index (χ2v) is 3.99. The minimum Gasteiger partial charge on any atom is -0.505 e. The van der Waals surface area contributed by atoms with Gasteiger partial charge in [-0.05, 0) is 41.3 Å². The summed E-state index contributed by atoms with van der Waals surface area (Å²) in [6, 6.07) is 2.21. The van der Waals surface area contributed by atoms with Crippen molar-refractivity contribution >= 4 is 11.3 Å². The van der Waals surface area contributed by atoms with E-state index in [1.807, 2.05) is 0 Å². The van der Waals surface area contributed by atoms with Crippen molar-refractivity contribution in [2.75, 3.05) is 7.11 Å². The highest BCUT2D eigenvalue weighted by Gasteiger charge is 2.42. The van der Waals surface area contributed by atoms with Crippen LogP contribution in [0.1, 0.15) is 18.4 Å². The van der Waals surface area contributed by atoms with Gasteiger partial charge in [-0.3, -0.25) is 0 Å². The topological polar surface area (TPSA) is 9.23 Å².